The summed E-state index contributed by atoms with van der Waals surface area (Å²) in [4.78, 5) is 1.33. The Kier molecular flexibility index (Phi) is 4.51. The third-order valence-corrected chi connectivity index (χ3v) is 3.30. The van der Waals surface area contributed by atoms with Gasteiger partial charge in [0.2, 0.25) is 0 Å². The fourth-order valence-electron chi connectivity index (χ4n) is 0.971. The molecule has 3 heteroatoms. The lowest BCUT2D eigenvalue weighted by atomic mass is 10.2. The van der Waals surface area contributed by atoms with Crippen molar-refractivity contribution in [2.24, 2.45) is 0 Å². The van der Waals surface area contributed by atoms with Crippen LogP contribution in [0.1, 0.15) is 18.2 Å². The van der Waals surface area contributed by atoms with Gasteiger partial charge in [0.1, 0.15) is 0 Å². The Bertz CT molecular complexity index is 300. The molecular weight excluding hydrogens is 246 g/mol. The lowest BCUT2D eigenvalue weighted by molar-refractivity contribution is 0.563. The fraction of sp³-hybridized carbons (Fsp3) is 0.400. The molecule has 1 N–H and O–H groups in total. The van der Waals surface area contributed by atoms with E-state index in [0.717, 1.165) is 13.0 Å². The van der Waals surface area contributed by atoms with Gasteiger partial charge in [-0.05, 0) is 35.0 Å². The predicted octanol–water partition coefficient (Wildman–Crippen LogP) is 3.01. The first kappa shape index (κ1) is 10.8. The zero-order valence-corrected chi connectivity index (χ0v) is 9.91. The standard InChI is InChI=1S/C10H12BrNS/c1-3-4-8(2)12-7-9-5-6-10(11)13-9/h1,5-6,8,12H,4,7H2,2H3. The summed E-state index contributed by atoms with van der Waals surface area (Å²) in [5.41, 5.74) is 0. The zero-order chi connectivity index (χ0) is 9.68. The van der Waals surface area contributed by atoms with Gasteiger partial charge in [-0.3, -0.25) is 0 Å². The van der Waals surface area contributed by atoms with Crippen molar-refractivity contribution in [3.63, 3.8) is 0 Å². The van der Waals surface area contributed by atoms with Gasteiger partial charge in [-0.1, -0.05) is 0 Å². The quantitative estimate of drug-likeness (QED) is 0.818. The highest BCUT2D eigenvalue weighted by Gasteiger charge is 2.00. The van der Waals surface area contributed by atoms with E-state index in [2.05, 4.69) is 46.2 Å². The van der Waals surface area contributed by atoms with Gasteiger partial charge in [0, 0.05) is 23.9 Å². The van der Waals surface area contributed by atoms with Gasteiger partial charge >= 0.3 is 0 Å². The third-order valence-electron chi connectivity index (χ3n) is 1.68. The maximum atomic E-state index is 5.21. The lowest BCUT2D eigenvalue weighted by Crippen LogP contribution is -2.24. The molecule has 1 unspecified atom stereocenters. The summed E-state index contributed by atoms with van der Waals surface area (Å²) in [6.45, 7) is 3.00. The number of hydrogen-bond donors (Lipinski definition) is 1. The van der Waals surface area contributed by atoms with E-state index in [-0.39, 0.29) is 0 Å². The van der Waals surface area contributed by atoms with E-state index in [4.69, 9.17) is 6.42 Å². The van der Waals surface area contributed by atoms with Crippen LogP contribution in [-0.4, -0.2) is 6.04 Å². The molecule has 0 fully saturated rings. The van der Waals surface area contributed by atoms with Crippen LogP contribution in [0.25, 0.3) is 0 Å². The number of halogens is 1. The lowest BCUT2D eigenvalue weighted by Gasteiger charge is -2.08. The highest BCUT2D eigenvalue weighted by atomic mass is 79.9. The van der Waals surface area contributed by atoms with Crippen LogP contribution in [0.2, 0.25) is 0 Å². The molecule has 13 heavy (non-hydrogen) atoms. The van der Waals surface area contributed by atoms with E-state index < -0.39 is 0 Å². The molecule has 0 spiro atoms. The molecule has 0 aliphatic carbocycles. The Balaban J connectivity index is 2.31. The second kappa shape index (κ2) is 5.43. The molecule has 0 saturated heterocycles. The largest absolute Gasteiger partial charge is 0.308 e. The van der Waals surface area contributed by atoms with Crippen molar-refractivity contribution in [2.45, 2.75) is 25.9 Å². The number of thiophene rings is 1. The molecule has 0 aliphatic heterocycles. The number of nitrogens with one attached hydrogen (secondary N) is 1. The Labute approximate surface area is 91.7 Å². The van der Waals surface area contributed by atoms with Gasteiger partial charge in [-0.2, -0.15) is 0 Å². The summed E-state index contributed by atoms with van der Waals surface area (Å²) in [5, 5.41) is 3.36. The van der Waals surface area contributed by atoms with Crippen molar-refractivity contribution >= 4 is 27.3 Å². The minimum absolute atomic E-state index is 0.394. The Morgan fingerprint density at radius 2 is 2.46 bits per heavy atom. The van der Waals surface area contributed by atoms with E-state index in [1.807, 2.05) is 0 Å². The van der Waals surface area contributed by atoms with Gasteiger partial charge < -0.3 is 5.32 Å². The third kappa shape index (κ3) is 3.95. The summed E-state index contributed by atoms with van der Waals surface area (Å²) in [6.07, 6.45) is 5.99. The monoisotopic (exact) mass is 257 g/mol. The van der Waals surface area contributed by atoms with Crippen LogP contribution in [-0.2, 0) is 6.54 Å². The molecule has 0 aliphatic rings. The maximum absolute atomic E-state index is 5.21. The molecule has 1 nitrogen and oxygen atoms in total. The van der Waals surface area contributed by atoms with E-state index in [1.165, 1.54) is 8.66 Å². The average Bonchev–Trinajstić information content (AvgIpc) is 2.49. The molecule has 0 amide bonds. The molecule has 1 rings (SSSR count). The van der Waals surface area contributed by atoms with Gasteiger partial charge in [0.25, 0.3) is 0 Å². The second-order valence-electron chi connectivity index (χ2n) is 2.90. The molecule has 0 saturated carbocycles. The highest BCUT2D eigenvalue weighted by Crippen LogP contribution is 2.21. The van der Waals surface area contributed by atoms with E-state index in [0.29, 0.717) is 6.04 Å². The summed E-state index contributed by atoms with van der Waals surface area (Å²) < 4.78 is 1.17. The van der Waals surface area contributed by atoms with Crippen molar-refractivity contribution in [3.8, 4) is 12.3 Å². The molecule has 1 atom stereocenters. The van der Waals surface area contributed by atoms with Crippen LogP contribution < -0.4 is 5.32 Å². The molecule has 0 bridgehead atoms. The zero-order valence-electron chi connectivity index (χ0n) is 7.51. The second-order valence-corrected chi connectivity index (χ2v) is 5.44. The summed E-state index contributed by atoms with van der Waals surface area (Å²) in [6, 6.07) is 4.57. The van der Waals surface area contributed by atoms with Crippen LogP contribution in [0, 0.1) is 12.3 Å². The number of rotatable bonds is 4. The van der Waals surface area contributed by atoms with Crippen molar-refractivity contribution in [1.29, 1.82) is 0 Å². The summed E-state index contributed by atoms with van der Waals surface area (Å²) >= 11 is 5.18. The predicted molar refractivity (Wildman–Crippen MR) is 61.8 cm³/mol. The molecule has 1 heterocycles. The molecule has 1 aromatic heterocycles. The molecule has 0 radical (unpaired) electrons. The van der Waals surface area contributed by atoms with Crippen molar-refractivity contribution in [3.05, 3.63) is 20.8 Å². The van der Waals surface area contributed by atoms with Crippen LogP contribution in [0.15, 0.2) is 15.9 Å². The summed E-state index contributed by atoms with van der Waals surface area (Å²) in [5.74, 6) is 2.64. The topological polar surface area (TPSA) is 12.0 Å². The first-order chi connectivity index (χ1) is 6.22. The van der Waals surface area contributed by atoms with Crippen LogP contribution in [0.4, 0.5) is 0 Å². The number of terminal acetylenes is 1. The fourth-order valence-corrected chi connectivity index (χ4v) is 2.40. The Morgan fingerprint density at radius 1 is 1.69 bits per heavy atom. The smallest absolute Gasteiger partial charge is 0.0701 e. The van der Waals surface area contributed by atoms with Gasteiger partial charge in [0.05, 0.1) is 3.79 Å². The van der Waals surface area contributed by atoms with Gasteiger partial charge in [0.15, 0.2) is 0 Å². The van der Waals surface area contributed by atoms with Crippen LogP contribution >= 0.6 is 27.3 Å². The van der Waals surface area contributed by atoms with Crippen molar-refractivity contribution < 1.29 is 0 Å². The first-order valence-corrected chi connectivity index (χ1v) is 5.74. The van der Waals surface area contributed by atoms with E-state index >= 15 is 0 Å². The Morgan fingerprint density at radius 3 is 3.00 bits per heavy atom. The van der Waals surface area contributed by atoms with Gasteiger partial charge in [-0.25, -0.2) is 0 Å². The average molecular weight is 258 g/mol. The molecular formula is C10H12BrNS. The molecule has 1 aromatic rings. The van der Waals surface area contributed by atoms with Crippen molar-refractivity contribution in [2.75, 3.05) is 0 Å². The SMILES string of the molecule is C#CCC(C)NCc1ccc(Br)s1. The number of hydrogen-bond acceptors (Lipinski definition) is 2. The van der Waals surface area contributed by atoms with Crippen LogP contribution in [0.5, 0.6) is 0 Å². The van der Waals surface area contributed by atoms with E-state index in [1.54, 1.807) is 11.3 Å². The minimum atomic E-state index is 0.394. The first-order valence-electron chi connectivity index (χ1n) is 4.13. The minimum Gasteiger partial charge on any atom is -0.308 e. The van der Waals surface area contributed by atoms with Gasteiger partial charge in [-0.15, -0.1) is 23.7 Å². The molecule has 0 aromatic carbocycles. The Hall–Kier alpha value is -0.300. The molecule has 70 valence electrons. The summed E-state index contributed by atoms with van der Waals surface area (Å²) in [7, 11) is 0. The maximum Gasteiger partial charge on any atom is 0.0701 e. The normalized spacial score (nSPS) is 12.4. The van der Waals surface area contributed by atoms with E-state index in [9.17, 15) is 0 Å². The highest BCUT2D eigenvalue weighted by molar-refractivity contribution is 9.11. The van der Waals surface area contributed by atoms with Crippen molar-refractivity contribution in [1.82, 2.24) is 5.32 Å². The van der Waals surface area contributed by atoms with Crippen LogP contribution in [0.3, 0.4) is 0 Å².